The highest BCUT2D eigenvalue weighted by molar-refractivity contribution is 9.10. The third-order valence-electron chi connectivity index (χ3n) is 3.08. The van der Waals surface area contributed by atoms with Crippen LogP contribution >= 0.6 is 15.9 Å². The zero-order valence-corrected chi connectivity index (χ0v) is 13.8. The first-order valence-electron chi connectivity index (χ1n) is 6.50. The fourth-order valence-corrected chi connectivity index (χ4v) is 2.32. The average Bonchev–Trinajstić information content (AvgIpc) is 2.54. The molecule has 2 rings (SSSR count). The number of hydrogen-bond donors (Lipinski definition) is 1. The van der Waals surface area contributed by atoms with E-state index in [-0.39, 0.29) is 5.91 Å². The van der Waals surface area contributed by atoms with Crippen molar-refractivity contribution < 1.29 is 14.3 Å². The van der Waals surface area contributed by atoms with Gasteiger partial charge in [-0.1, -0.05) is 12.1 Å². The van der Waals surface area contributed by atoms with Crippen molar-refractivity contribution in [3.05, 3.63) is 58.6 Å². The van der Waals surface area contributed by atoms with Crippen LogP contribution < -0.4 is 10.2 Å². The highest BCUT2D eigenvalue weighted by Gasteiger charge is 2.12. The molecule has 0 saturated carbocycles. The minimum atomic E-state index is -0.454. The molecule has 2 amide bonds. The molecule has 0 unspecified atom stereocenters. The van der Waals surface area contributed by atoms with E-state index in [0.29, 0.717) is 16.9 Å². The largest absolute Gasteiger partial charge is 0.452 e. The van der Waals surface area contributed by atoms with Gasteiger partial charge in [-0.05, 0) is 52.3 Å². The van der Waals surface area contributed by atoms with Crippen LogP contribution in [0.3, 0.4) is 0 Å². The summed E-state index contributed by atoms with van der Waals surface area (Å²) in [6.45, 7) is 0. The molecule has 0 aliphatic carbocycles. The summed E-state index contributed by atoms with van der Waals surface area (Å²) in [6.07, 6.45) is -0.454. The molecule has 114 valence electrons. The molecule has 2 aromatic carbocycles. The topological polar surface area (TPSA) is 58.6 Å². The number of carbonyl (C=O) groups excluding carboxylic acids is 2. The fourth-order valence-electron chi connectivity index (χ4n) is 1.85. The first-order valence-corrected chi connectivity index (χ1v) is 7.30. The lowest BCUT2D eigenvalue weighted by Crippen LogP contribution is -2.25. The normalized spacial score (nSPS) is 9.95. The van der Waals surface area contributed by atoms with Gasteiger partial charge < -0.3 is 10.1 Å². The molecule has 0 aromatic heterocycles. The second-order valence-corrected chi connectivity index (χ2v) is 5.36. The maximum atomic E-state index is 12.2. The molecule has 0 fully saturated rings. The number of nitrogens with zero attached hydrogens (tertiary/aromatic N) is 1. The number of hydrogen-bond acceptors (Lipinski definition) is 3. The van der Waals surface area contributed by atoms with Gasteiger partial charge >= 0.3 is 6.09 Å². The molecular weight excluding hydrogens is 348 g/mol. The van der Waals surface area contributed by atoms with Gasteiger partial charge in [-0.3, -0.25) is 9.69 Å². The van der Waals surface area contributed by atoms with Gasteiger partial charge in [0.15, 0.2) is 0 Å². The number of anilines is 2. The molecule has 0 bridgehead atoms. The monoisotopic (exact) mass is 362 g/mol. The number of amides is 2. The van der Waals surface area contributed by atoms with Gasteiger partial charge in [0.2, 0.25) is 0 Å². The van der Waals surface area contributed by atoms with Crippen LogP contribution in [0.15, 0.2) is 53.0 Å². The molecule has 0 spiro atoms. The maximum absolute atomic E-state index is 12.2. The second kappa shape index (κ2) is 7.09. The summed E-state index contributed by atoms with van der Waals surface area (Å²) in [5.74, 6) is -0.207. The molecule has 22 heavy (non-hydrogen) atoms. The third kappa shape index (κ3) is 3.65. The van der Waals surface area contributed by atoms with Crippen LogP contribution in [0.4, 0.5) is 16.2 Å². The van der Waals surface area contributed by atoms with Crippen molar-refractivity contribution in [3.8, 4) is 0 Å². The number of nitrogens with one attached hydrogen (secondary N) is 1. The van der Waals surface area contributed by atoms with Crippen molar-refractivity contribution in [1.29, 1.82) is 0 Å². The highest BCUT2D eigenvalue weighted by atomic mass is 79.9. The van der Waals surface area contributed by atoms with E-state index in [1.54, 1.807) is 43.4 Å². The Morgan fingerprint density at radius 3 is 2.32 bits per heavy atom. The van der Waals surface area contributed by atoms with E-state index in [4.69, 9.17) is 0 Å². The van der Waals surface area contributed by atoms with Gasteiger partial charge in [0.1, 0.15) is 0 Å². The molecule has 0 radical (unpaired) electrons. The molecule has 2 aromatic rings. The molecule has 0 heterocycles. The maximum Gasteiger partial charge on any atom is 0.413 e. The van der Waals surface area contributed by atoms with E-state index in [2.05, 4.69) is 26.0 Å². The van der Waals surface area contributed by atoms with Crippen LogP contribution in [-0.4, -0.2) is 26.2 Å². The highest BCUT2D eigenvalue weighted by Crippen LogP contribution is 2.20. The van der Waals surface area contributed by atoms with Gasteiger partial charge in [-0.15, -0.1) is 0 Å². The molecule has 0 saturated heterocycles. The molecular formula is C16H15BrN2O3. The Hall–Kier alpha value is -2.34. The van der Waals surface area contributed by atoms with Gasteiger partial charge in [-0.2, -0.15) is 0 Å². The molecule has 0 atom stereocenters. The Morgan fingerprint density at radius 1 is 1.09 bits per heavy atom. The fraction of sp³-hybridized carbons (Fsp3) is 0.125. The predicted octanol–water partition coefficient (Wildman–Crippen LogP) is 3.90. The first kappa shape index (κ1) is 16.0. The van der Waals surface area contributed by atoms with Gasteiger partial charge in [0, 0.05) is 22.9 Å². The SMILES string of the molecule is COC(=O)N(C)c1ccc(NC(=O)c2ccccc2Br)cc1. The van der Waals surface area contributed by atoms with Crippen LogP contribution in [0.25, 0.3) is 0 Å². The van der Waals surface area contributed by atoms with Crippen LogP contribution in [-0.2, 0) is 4.74 Å². The summed E-state index contributed by atoms with van der Waals surface area (Å²) in [5, 5.41) is 2.80. The van der Waals surface area contributed by atoms with Gasteiger partial charge in [0.05, 0.1) is 12.7 Å². The van der Waals surface area contributed by atoms with E-state index in [9.17, 15) is 9.59 Å². The summed E-state index contributed by atoms with van der Waals surface area (Å²) in [6, 6.07) is 14.1. The van der Waals surface area contributed by atoms with Crippen molar-refractivity contribution in [2.45, 2.75) is 0 Å². The van der Waals surface area contributed by atoms with E-state index in [1.807, 2.05) is 12.1 Å². The van der Waals surface area contributed by atoms with E-state index >= 15 is 0 Å². The van der Waals surface area contributed by atoms with Crippen molar-refractivity contribution >= 4 is 39.3 Å². The number of methoxy groups -OCH3 is 1. The Balaban J connectivity index is 2.10. The summed E-state index contributed by atoms with van der Waals surface area (Å²) in [7, 11) is 2.94. The van der Waals surface area contributed by atoms with Crippen LogP contribution in [0.2, 0.25) is 0 Å². The summed E-state index contributed by atoms with van der Waals surface area (Å²) >= 11 is 3.35. The zero-order chi connectivity index (χ0) is 16.1. The van der Waals surface area contributed by atoms with E-state index in [0.717, 1.165) is 4.47 Å². The summed E-state index contributed by atoms with van der Waals surface area (Å²) in [5.41, 5.74) is 1.87. The summed E-state index contributed by atoms with van der Waals surface area (Å²) < 4.78 is 5.38. The van der Waals surface area contributed by atoms with Crippen molar-refractivity contribution in [3.63, 3.8) is 0 Å². The Bertz CT molecular complexity index is 686. The van der Waals surface area contributed by atoms with Crippen LogP contribution in [0.5, 0.6) is 0 Å². The van der Waals surface area contributed by atoms with E-state index < -0.39 is 6.09 Å². The average molecular weight is 363 g/mol. The molecule has 5 nitrogen and oxygen atoms in total. The second-order valence-electron chi connectivity index (χ2n) is 4.51. The minimum absolute atomic E-state index is 0.207. The zero-order valence-electron chi connectivity index (χ0n) is 12.2. The number of halogens is 1. The molecule has 1 N–H and O–H groups in total. The predicted molar refractivity (Wildman–Crippen MR) is 89.3 cm³/mol. The first-order chi connectivity index (χ1) is 10.5. The third-order valence-corrected chi connectivity index (χ3v) is 3.77. The number of rotatable bonds is 3. The van der Waals surface area contributed by atoms with Crippen molar-refractivity contribution in [1.82, 2.24) is 0 Å². The number of carbonyl (C=O) groups is 2. The minimum Gasteiger partial charge on any atom is -0.452 e. The lowest BCUT2D eigenvalue weighted by atomic mass is 10.2. The Morgan fingerprint density at radius 2 is 1.73 bits per heavy atom. The quantitative estimate of drug-likeness (QED) is 0.900. The lowest BCUT2D eigenvalue weighted by molar-refractivity contribution is 0.102. The molecule has 6 heteroatoms. The molecule has 0 aliphatic heterocycles. The van der Waals surface area contributed by atoms with Gasteiger partial charge in [0.25, 0.3) is 5.91 Å². The number of benzene rings is 2. The Labute approximate surface area is 137 Å². The van der Waals surface area contributed by atoms with Crippen molar-refractivity contribution in [2.24, 2.45) is 0 Å². The van der Waals surface area contributed by atoms with Crippen LogP contribution in [0, 0.1) is 0 Å². The standard InChI is InChI=1S/C16H15BrN2O3/c1-19(16(21)22-2)12-9-7-11(8-10-12)18-15(20)13-5-3-4-6-14(13)17/h3-10H,1-2H3,(H,18,20). The van der Waals surface area contributed by atoms with E-state index in [1.165, 1.54) is 12.0 Å². The van der Waals surface area contributed by atoms with Crippen LogP contribution in [0.1, 0.15) is 10.4 Å². The van der Waals surface area contributed by atoms with Crippen molar-refractivity contribution in [2.75, 3.05) is 24.4 Å². The lowest BCUT2D eigenvalue weighted by Gasteiger charge is -2.16. The number of ether oxygens (including phenoxy) is 1. The molecule has 0 aliphatic rings. The Kier molecular flexibility index (Phi) is 5.16. The smallest absolute Gasteiger partial charge is 0.413 e. The summed E-state index contributed by atoms with van der Waals surface area (Å²) in [4.78, 5) is 25.0. The van der Waals surface area contributed by atoms with Gasteiger partial charge in [-0.25, -0.2) is 4.79 Å².